The van der Waals surface area contributed by atoms with Crippen LogP contribution < -0.4 is 15.4 Å². The van der Waals surface area contributed by atoms with Crippen molar-refractivity contribution in [3.05, 3.63) is 77.1 Å². The lowest BCUT2D eigenvalue weighted by Crippen LogP contribution is -2.14. The molecule has 0 spiro atoms. The molecule has 0 aliphatic rings. The fourth-order valence-corrected chi connectivity index (χ4v) is 3.26. The van der Waals surface area contributed by atoms with Crippen molar-refractivity contribution in [2.45, 2.75) is 19.4 Å². The van der Waals surface area contributed by atoms with Crippen LogP contribution in [0.1, 0.15) is 17.8 Å². The van der Waals surface area contributed by atoms with Gasteiger partial charge in [0.1, 0.15) is 11.6 Å². The van der Waals surface area contributed by atoms with E-state index in [1.54, 1.807) is 22.7 Å². The smallest absolute Gasteiger partial charge is 0.224 e. The van der Waals surface area contributed by atoms with E-state index in [0.29, 0.717) is 46.7 Å². The highest BCUT2D eigenvalue weighted by atomic mass is 35.5. The molecule has 0 bridgehead atoms. The zero-order valence-corrected chi connectivity index (χ0v) is 17.6. The van der Waals surface area contributed by atoms with Crippen molar-refractivity contribution in [1.29, 1.82) is 0 Å². The number of aromatic nitrogens is 4. The van der Waals surface area contributed by atoms with E-state index in [4.69, 9.17) is 16.3 Å². The fraction of sp³-hybridized carbons (Fsp3) is 0.182. The minimum atomic E-state index is -0.185. The van der Waals surface area contributed by atoms with Crippen LogP contribution in [0.25, 0.3) is 5.65 Å². The lowest BCUT2D eigenvalue weighted by Gasteiger charge is -2.10. The van der Waals surface area contributed by atoms with Crippen LogP contribution in [0.5, 0.6) is 5.75 Å². The molecule has 2 heterocycles. The van der Waals surface area contributed by atoms with Crippen LogP contribution in [0.2, 0.25) is 5.02 Å². The number of hydrogen-bond donors (Lipinski definition) is 2. The van der Waals surface area contributed by atoms with Gasteiger partial charge in [-0.3, -0.25) is 4.79 Å². The highest BCUT2D eigenvalue weighted by molar-refractivity contribution is 6.31. The summed E-state index contributed by atoms with van der Waals surface area (Å²) >= 11 is 6.02. The van der Waals surface area contributed by atoms with E-state index in [9.17, 15) is 4.79 Å². The van der Waals surface area contributed by atoms with Crippen LogP contribution in [-0.4, -0.2) is 32.8 Å². The molecule has 0 fully saturated rings. The minimum absolute atomic E-state index is 0.185. The number of halogens is 1. The first-order valence-corrected chi connectivity index (χ1v) is 10.1. The number of carbonyl (C=O) groups is 1. The van der Waals surface area contributed by atoms with Gasteiger partial charge in [0.25, 0.3) is 0 Å². The van der Waals surface area contributed by atoms with Crippen molar-refractivity contribution in [1.82, 2.24) is 19.8 Å². The van der Waals surface area contributed by atoms with E-state index in [1.807, 2.05) is 42.5 Å². The highest BCUT2D eigenvalue weighted by Crippen LogP contribution is 2.27. The molecule has 2 aromatic carbocycles. The predicted molar refractivity (Wildman–Crippen MR) is 120 cm³/mol. The normalized spacial score (nSPS) is 10.8. The van der Waals surface area contributed by atoms with Crippen molar-refractivity contribution in [2.75, 3.05) is 17.7 Å². The Morgan fingerprint density at radius 1 is 1.10 bits per heavy atom. The Kier molecular flexibility index (Phi) is 6.28. The predicted octanol–water partition coefficient (Wildman–Crippen LogP) is 3.97. The van der Waals surface area contributed by atoms with Crippen LogP contribution in [0.4, 0.5) is 11.5 Å². The van der Waals surface area contributed by atoms with Crippen LogP contribution in [0.15, 0.2) is 60.7 Å². The maximum absolute atomic E-state index is 12.4. The van der Waals surface area contributed by atoms with Crippen LogP contribution in [0.3, 0.4) is 0 Å². The number of aryl methyl sites for hydroxylation is 1. The molecule has 4 aromatic rings. The molecule has 31 heavy (non-hydrogen) atoms. The Bertz CT molecular complexity index is 1200. The van der Waals surface area contributed by atoms with Gasteiger partial charge in [0.05, 0.1) is 12.8 Å². The fourth-order valence-electron chi connectivity index (χ4n) is 3.09. The molecule has 2 N–H and O–H groups in total. The first-order chi connectivity index (χ1) is 15.1. The highest BCUT2D eigenvalue weighted by Gasteiger charge is 2.12. The summed E-state index contributed by atoms with van der Waals surface area (Å²) in [5.74, 6) is 1.66. The number of rotatable bonds is 8. The Morgan fingerprint density at radius 2 is 1.94 bits per heavy atom. The molecule has 8 nitrogen and oxygen atoms in total. The number of anilines is 2. The molecular weight excluding hydrogens is 416 g/mol. The Labute approximate surface area is 184 Å². The maximum atomic E-state index is 12.4. The number of ether oxygens (including phenoxy) is 1. The lowest BCUT2D eigenvalue weighted by atomic mass is 10.2. The van der Waals surface area contributed by atoms with Gasteiger partial charge < -0.3 is 15.4 Å². The molecular formula is C22H21ClN6O2. The number of hydrogen-bond acceptors (Lipinski definition) is 6. The topological polar surface area (TPSA) is 93.4 Å². The molecule has 4 rings (SSSR count). The Morgan fingerprint density at radius 3 is 2.74 bits per heavy atom. The van der Waals surface area contributed by atoms with Gasteiger partial charge in [0, 0.05) is 24.4 Å². The second-order valence-electron chi connectivity index (χ2n) is 6.84. The van der Waals surface area contributed by atoms with Gasteiger partial charge in [-0.2, -0.15) is 4.52 Å². The molecule has 0 saturated carbocycles. The number of benzene rings is 2. The van der Waals surface area contributed by atoms with Gasteiger partial charge in [-0.1, -0.05) is 41.9 Å². The number of carbonyl (C=O) groups excluding carboxylic acids is 1. The van der Waals surface area contributed by atoms with Gasteiger partial charge >= 0.3 is 0 Å². The summed E-state index contributed by atoms with van der Waals surface area (Å²) in [6, 6.07) is 18.8. The first kappa shape index (κ1) is 20.6. The summed E-state index contributed by atoms with van der Waals surface area (Å²) in [6.07, 6.45) is 0.588. The van der Waals surface area contributed by atoms with E-state index >= 15 is 0 Å². The van der Waals surface area contributed by atoms with Crippen molar-refractivity contribution < 1.29 is 9.53 Å². The molecule has 0 aliphatic heterocycles. The number of methoxy groups -OCH3 is 1. The van der Waals surface area contributed by atoms with E-state index in [-0.39, 0.29) is 12.3 Å². The summed E-state index contributed by atoms with van der Waals surface area (Å²) in [5.41, 5.74) is 2.30. The number of amides is 1. The second-order valence-corrected chi connectivity index (χ2v) is 7.27. The zero-order valence-electron chi connectivity index (χ0n) is 16.9. The summed E-state index contributed by atoms with van der Waals surface area (Å²) in [5, 5.41) is 19.5. The molecule has 0 saturated heterocycles. The van der Waals surface area contributed by atoms with Gasteiger partial charge in [-0.15, -0.1) is 15.3 Å². The lowest BCUT2D eigenvalue weighted by molar-refractivity contribution is -0.116. The van der Waals surface area contributed by atoms with Gasteiger partial charge in [0.2, 0.25) is 5.91 Å². The molecule has 158 valence electrons. The van der Waals surface area contributed by atoms with Crippen molar-refractivity contribution in [3.63, 3.8) is 0 Å². The number of nitrogens with zero attached hydrogens (tertiary/aromatic N) is 4. The average Bonchev–Trinajstić information content (AvgIpc) is 3.19. The third kappa shape index (κ3) is 5.10. The van der Waals surface area contributed by atoms with E-state index < -0.39 is 0 Å². The van der Waals surface area contributed by atoms with E-state index in [0.717, 1.165) is 5.56 Å². The monoisotopic (exact) mass is 436 g/mol. The summed E-state index contributed by atoms with van der Waals surface area (Å²) in [6.45, 7) is 0.653. The second kappa shape index (κ2) is 9.44. The Hall–Kier alpha value is -3.65. The third-order valence-electron chi connectivity index (χ3n) is 4.66. The quantitative estimate of drug-likeness (QED) is 0.434. The van der Waals surface area contributed by atoms with Crippen LogP contribution >= 0.6 is 11.6 Å². The molecule has 0 radical (unpaired) electrons. The Balaban J connectivity index is 1.41. The van der Waals surface area contributed by atoms with Gasteiger partial charge in [0.15, 0.2) is 11.5 Å². The minimum Gasteiger partial charge on any atom is -0.495 e. The standard InChI is InChI=1S/C22H21ClN6O2/c1-31-18-8-7-16(23)13-17(18)25-22(30)12-11-21-27-26-20-10-9-19(28-29(20)21)24-14-15-5-3-2-4-6-15/h2-10,13H,11-12,14H2,1H3,(H,24,28)(H,25,30). The molecule has 0 aliphatic carbocycles. The third-order valence-corrected chi connectivity index (χ3v) is 4.89. The molecule has 0 atom stereocenters. The van der Waals surface area contributed by atoms with E-state index in [1.165, 1.54) is 7.11 Å². The van der Waals surface area contributed by atoms with Crippen molar-refractivity contribution in [2.24, 2.45) is 0 Å². The molecule has 2 aromatic heterocycles. The average molecular weight is 437 g/mol. The maximum Gasteiger partial charge on any atom is 0.224 e. The molecule has 1 amide bonds. The molecule has 0 unspecified atom stereocenters. The van der Waals surface area contributed by atoms with Crippen molar-refractivity contribution in [3.8, 4) is 5.75 Å². The van der Waals surface area contributed by atoms with Crippen molar-refractivity contribution >= 4 is 34.7 Å². The van der Waals surface area contributed by atoms with Gasteiger partial charge in [-0.25, -0.2) is 0 Å². The van der Waals surface area contributed by atoms with Gasteiger partial charge in [-0.05, 0) is 35.9 Å². The SMILES string of the molecule is COc1ccc(Cl)cc1NC(=O)CCc1nnc2ccc(NCc3ccccc3)nn12. The van der Waals surface area contributed by atoms with E-state index in [2.05, 4.69) is 25.9 Å². The number of nitrogens with one attached hydrogen (secondary N) is 2. The number of fused-ring (bicyclic) bond motifs is 1. The summed E-state index contributed by atoms with van der Waals surface area (Å²) < 4.78 is 6.91. The molecule has 9 heteroatoms. The zero-order chi connectivity index (χ0) is 21.6. The van der Waals surface area contributed by atoms with Crippen LogP contribution in [-0.2, 0) is 17.8 Å². The first-order valence-electron chi connectivity index (χ1n) is 9.75. The largest absolute Gasteiger partial charge is 0.495 e. The summed E-state index contributed by atoms with van der Waals surface area (Å²) in [7, 11) is 1.54. The van der Waals surface area contributed by atoms with Crippen LogP contribution in [0, 0.1) is 0 Å². The summed E-state index contributed by atoms with van der Waals surface area (Å²) in [4.78, 5) is 12.4.